The number of benzene rings is 1. The first-order valence-electron chi connectivity index (χ1n) is 5.39. The highest BCUT2D eigenvalue weighted by molar-refractivity contribution is 5.40. The molecular formula is C12H15F2NO. The van der Waals surface area contributed by atoms with Crippen molar-refractivity contribution in [1.29, 1.82) is 0 Å². The third kappa shape index (κ3) is 1.78. The van der Waals surface area contributed by atoms with Crippen LogP contribution in [0.15, 0.2) is 12.1 Å². The maximum absolute atomic E-state index is 13.2. The molecule has 0 bridgehead atoms. The number of rotatable bonds is 2. The molecule has 0 atom stereocenters. The molecule has 0 aromatic heterocycles. The fourth-order valence-electron chi connectivity index (χ4n) is 2.36. The van der Waals surface area contributed by atoms with E-state index in [9.17, 15) is 8.78 Å². The van der Waals surface area contributed by atoms with Crippen molar-refractivity contribution in [2.75, 3.05) is 7.11 Å². The Bertz CT molecular complexity index is 400. The van der Waals surface area contributed by atoms with E-state index < -0.39 is 17.2 Å². The van der Waals surface area contributed by atoms with Crippen molar-refractivity contribution in [2.45, 2.75) is 31.2 Å². The van der Waals surface area contributed by atoms with Gasteiger partial charge in [-0.05, 0) is 18.9 Å². The summed E-state index contributed by atoms with van der Waals surface area (Å²) in [5.74, 6) is -1.43. The molecule has 1 aromatic carbocycles. The van der Waals surface area contributed by atoms with Crippen molar-refractivity contribution in [1.82, 2.24) is 0 Å². The van der Waals surface area contributed by atoms with Crippen LogP contribution in [0.5, 0.6) is 5.75 Å². The highest BCUT2D eigenvalue weighted by Gasteiger charge is 2.34. The number of methoxy groups -OCH3 is 1. The Labute approximate surface area is 93.4 Å². The molecule has 0 spiro atoms. The third-order valence-corrected chi connectivity index (χ3v) is 3.27. The van der Waals surface area contributed by atoms with Crippen LogP contribution >= 0.6 is 0 Å². The standard InChI is InChI=1S/C12H15F2NO/c1-16-11-7-10(14)9(13)6-8(11)12(15)4-2-3-5-12/h6-7H,2-5,15H2,1H3. The molecule has 0 unspecified atom stereocenters. The van der Waals surface area contributed by atoms with E-state index >= 15 is 0 Å². The SMILES string of the molecule is COc1cc(F)c(F)cc1C1(N)CCCC1. The van der Waals surface area contributed by atoms with Gasteiger partial charge in [-0.25, -0.2) is 8.78 Å². The number of halogens is 2. The molecule has 2 N–H and O–H groups in total. The molecule has 0 aliphatic heterocycles. The van der Waals surface area contributed by atoms with Gasteiger partial charge in [-0.15, -0.1) is 0 Å². The lowest BCUT2D eigenvalue weighted by atomic mass is 9.88. The van der Waals surface area contributed by atoms with E-state index in [2.05, 4.69) is 0 Å². The molecule has 88 valence electrons. The van der Waals surface area contributed by atoms with E-state index in [1.165, 1.54) is 13.2 Å². The lowest BCUT2D eigenvalue weighted by Gasteiger charge is -2.26. The molecule has 1 aliphatic rings. The van der Waals surface area contributed by atoms with E-state index in [0.29, 0.717) is 11.3 Å². The second kappa shape index (κ2) is 4.01. The summed E-state index contributed by atoms with van der Waals surface area (Å²) in [6, 6.07) is 2.23. The van der Waals surface area contributed by atoms with Gasteiger partial charge in [0.1, 0.15) is 5.75 Å². The van der Waals surface area contributed by atoms with Gasteiger partial charge in [-0.2, -0.15) is 0 Å². The molecule has 0 radical (unpaired) electrons. The minimum Gasteiger partial charge on any atom is -0.496 e. The van der Waals surface area contributed by atoms with Crippen molar-refractivity contribution in [3.8, 4) is 5.75 Å². The van der Waals surface area contributed by atoms with Crippen LogP contribution in [0.25, 0.3) is 0 Å². The molecule has 2 nitrogen and oxygen atoms in total. The summed E-state index contributed by atoms with van der Waals surface area (Å²) in [6.45, 7) is 0. The maximum Gasteiger partial charge on any atom is 0.162 e. The van der Waals surface area contributed by atoms with Crippen molar-refractivity contribution in [2.24, 2.45) is 5.73 Å². The van der Waals surface area contributed by atoms with Gasteiger partial charge in [-0.1, -0.05) is 12.8 Å². The highest BCUT2D eigenvalue weighted by Crippen LogP contribution is 2.41. The Hall–Kier alpha value is -1.16. The molecule has 0 heterocycles. The molecule has 1 aliphatic carbocycles. The smallest absolute Gasteiger partial charge is 0.162 e. The van der Waals surface area contributed by atoms with Gasteiger partial charge >= 0.3 is 0 Å². The first-order chi connectivity index (χ1) is 7.57. The van der Waals surface area contributed by atoms with E-state index in [-0.39, 0.29) is 0 Å². The summed E-state index contributed by atoms with van der Waals surface area (Å²) in [6.07, 6.45) is 3.60. The van der Waals surface area contributed by atoms with Crippen LogP contribution in [0, 0.1) is 11.6 Å². The van der Waals surface area contributed by atoms with Crippen molar-refractivity contribution < 1.29 is 13.5 Å². The van der Waals surface area contributed by atoms with Gasteiger partial charge in [-0.3, -0.25) is 0 Å². The van der Waals surface area contributed by atoms with Gasteiger partial charge < -0.3 is 10.5 Å². The van der Waals surface area contributed by atoms with E-state index in [1.54, 1.807) is 0 Å². The average Bonchev–Trinajstić information content (AvgIpc) is 2.69. The van der Waals surface area contributed by atoms with Crippen LogP contribution in [0.4, 0.5) is 8.78 Å². The van der Waals surface area contributed by atoms with E-state index in [4.69, 9.17) is 10.5 Å². The van der Waals surface area contributed by atoms with Crippen LogP contribution in [0.3, 0.4) is 0 Å². The van der Waals surface area contributed by atoms with Crippen LogP contribution < -0.4 is 10.5 Å². The van der Waals surface area contributed by atoms with Crippen molar-refractivity contribution >= 4 is 0 Å². The van der Waals surface area contributed by atoms with Crippen LogP contribution in [-0.2, 0) is 5.54 Å². The van der Waals surface area contributed by atoms with Crippen molar-refractivity contribution in [3.05, 3.63) is 29.3 Å². The Kier molecular flexibility index (Phi) is 2.84. The van der Waals surface area contributed by atoms with Crippen molar-refractivity contribution in [3.63, 3.8) is 0 Å². The van der Waals surface area contributed by atoms with Crippen LogP contribution in [0.1, 0.15) is 31.2 Å². The summed E-state index contributed by atoms with van der Waals surface area (Å²) in [5, 5.41) is 0. The zero-order valence-corrected chi connectivity index (χ0v) is 9.22. The second-order valence-electron chi connectivity index (χ2n) is 4.33. The first kappa shape index (κ1) is 11.3. The predicted molar refractivity (Wildman–Crippen MR) is 57.2 cm³/mol. The van der Waals surface area contributed by atoms with Gasteiger partial charge in [0, 0.05) is 17.2 Å². The minimum absolute atomic E-state index is 0.336. The first-order valence-corrected chi connectivity index (χ1v) is 5.39. The fourth-order valence-corrected chi connectivity index (χ4v) is 2.36. The monoisotopic (exact) mass is 227 g/mol. The summed E-state index contributed by atoms with van der Waals surface area (Å²) in [5.41, 5.74) is 6.21. The van der Waals surface area contributed by atoms with E-state index in [1.807, 2.05) is 0 Å². The lowest BCUT2D eigenvalue weighted by molar-refractivity contribution is 0.370. The molecule has 4 heteroatoms. The van der Waals surface area contributed by atoms with E-state index in [0.717, 1.165) is 31.7 Å². The number of ether oxygens (including phenoxy) is 1. The molecular weight excluding hydrogens is 212 g/mol. The topological polar surface area (TPSA) is 35.2 Å². The van der Waals surface area contributed by atoms with Gasteiger partial charge in [0.15, 0.2) is 11.6 Å². The summed E-state index contributed by atoms with van der Waals surface area (Å²) >= 11 is 0. The average molecular weight is 227 g/mol. The Morgan fingerprint density at radius 3 is 2.31 bits per heavy atom. The summed E-state index contributed by atoms with van der Waals surface area (Å²) in [4.78, 5) is 0. The quantitative estimate of drug-likeness (QED) is 0.843. The fraction of sp³-hybridized carbons (Fsp3) is 0.500. The molecule has 2 rings (SSSR count). The zero-order chi connectivity index (χ0) is 11.8. The molecule has 1 saturated carbocycles. The highest BCUT2D eigenvalue weighted by atomic mass is 19.2. The Morgan fingerprint density at radius 2 is 1.75 bits per heavy atom. The molecule has 1 fully saturated rings. The van der Waals surface area contributed by atoms with Crippen LogP contribution in [0.2, 0.25) is 0 Å². The molecule has 1 aromatic rings. The number of nitrogens with two attached hydrogens (primary N) is 1. The Balaban J connectivity index is 2.50. The zero-order valence-electron chi connectivity index (χ0n) is 9.22. The molecule has 0 saturated heterocycles. The Morgan fingerprint density at radius 1 is 1.19 bits per heavy atom. The summed E-state index contributed by atoms with van der Waals surface area (Å²) < 4.78 is 31.4. The second-order valence-corrected chi connectivity index (χ2v) is 4.33. The predicted octanol–water partition coefficient (Wildman–Crippen LogP) is 2.70. The third-order valence-electron chi connectivity index (χ3n) is 3.27. The normalized spacial score (nSPS) is 18.8. The maximum atomic E-state index is 13.2. The summed E-state index contributed by atoms with van der Waals surface area (Å²) in [7, 11) is 1.44. The lowest BCUT2D eigenvalue weighted by Crippen LogP contribution is -2.33. The molecule has 0 amide bonds. The van der Waals surface area contributed by atoms with Gasteiger partial charge in [0.25, 0.3) is 0 Å². The van der Waals surface area contributed by atoms with Gasteiger partial charge in [0.05, 0.1) is 7.11 Å². The molecule has 16 heavy (non-hydrogen) atoms. The number of hydrogen-bond donors (Lipinski definition) is 1. The van der Waals surface area contributed by atoms with Gasteiger partial charge in [0.2, 0.25) is 0 Å². The minimum atomic E-state index is -0.901. The largest absolute Gasteiger partial charge is 0.496 e. The van der Waals surface area contributed by atoms with Crippen LogP contribution in [-0.4, -0.2) is 7.11 Å². The number of hydrogen-bond acceptors (Lipinski definition) is 2.